The molecule has 5 nitrogen and oxygen atoms in total. The number of anilines is 1. The number of carbonyl (C=O) groups is 1. The van der Waals surface area contributed by atoms with Crippen LogP contribution < -0.4 is 20.1 Å². The highest BCUT2D eigenvalue weighted by Gasteiger charge is 2.14. The maximum atomic E-state index is 12.2. The predicted octanol–water partition coefficient (Wildman–Crippen LogP) is 2.62. The highest BCUT2D eigenvalue weighted by Crippen LogP contribution is 2.28. The zero-order valence-corrected chi connectivity index (χ0v) is 14.8. The molecule has 0 bridgehead atoms. The quantitative estimate of drug-likeness (QED) is 0.807. The Morgan fingerprint density at radius 2 is 2.00 bits per heavy atom. The van der Waals surface area contributed by atoms with Crippen molar-refractivity contribution in [2.75, 3.05) is 26.1 Å². The average Bonchev–Trinajstić information content (AvgIpc) is 2.59. The first-order valence-electron chi connectivity index (χ1n) is 7.64. The number of rotatable bonds is 7. The van der Waals surface area contributed by atoms with Crippen LogP contribution in [-0.2, 0) is 4.79 Å². The van der Waals surface area contributed by atoms with Gasteiger partial charge in [0.1, 0.15) is 17.5 Å². The van der Waals surface area contributed by atoms with Crippen LogP contribution in [0.3, 0.4) is 0 Å². The Hall–Kier alpha value is -2.24. The van der Waals surface area contributed by atoms with Crippen molar-refractivity contribution in [3.8, 4) is 11.5 Å². The van der Waals surface area contributed by atoms with Gasteiger partial charge in [-0.25, -0.2) is 0 Å². The molecule has 0 fully saturated rings. The lowest BCUT2D eigenvalue weighted by molar-refractivity contribution is -0.682. The van der Waals surface area contributed by atoms with Gasteiger partial charge in [0.05, 0.1) is 19.9 Å². The molecule has 0 radical (unpaired) electrons. The Kier molecular flexibility index (Phi) is 6.46. The number of hydrogen-bond acceptors (Lipinski definition) is 3. The van der Waals surface area contributed by atoms with E-state index in [1.807, 2.05) is 36.5 Å². The fourth-order valence-corrected chi connectivity index (χ4v) is 2.52. The number of halogens is 1. The lowest BCUT2D eigenvalue weighted by Crippen LogP contribution is -2.86. The van der Waals surface area contributed by atoms with Gasteiger partial charge in [-0.3, -0.25) is 4.79 Å². The lowest BCUT2D eigenvalue weighted by Gasteiger charge is -2.13. The molecule has 0 aliphatic carbocycles. The molecule has 2 rings (SSSR count). The molecule has 0 unspecified atom stereocenters. The van der Waals surface area contributed by atoms with Gasteiger partial charge >= 0.3 is 0 Å². The van der Waals surface area contributed by atoms with Crippen LogP contribution in [0.25, 0.3) is 0 Å². The Balaban J connectivity index is 1.96. The van der Waals surface area contributed by atoms with Crippen LogP contribution in [0, 0.1) is 0 Å². The van der Waals surface area contributed by atoms with E-state index in [0.29, 0.717) is 22.2 Å². The van der Waals surface area contributed by atoms with Crippen molar-refractivity contribution < 1.29 is 19.6 Å². The van der Waals surface area contributed by atoms with Gasteiger partial charge in [-0.05, 0) is 31.2 Å². The summed E-state index contributed by atoms with van der Waals surface area (Å²) in [5, 5.41) is 5.50. The molecule has 0 saturated carbocycles. The lowest BCUT2D eigenvalue weighted by atomic mass is 10.1. The van der Waals surface area contributed by atoms with E-state index in [9.17, 15) is 4.79 Å². The summed E-state index contributed by atoms with van der Waals surface area (Å²) < 4.78 is 10.4. The van der Waals surface area contributed by atoms with E-state index in [-0.39, 0.29) is 18.5 Å². The van der Waals surface area contributed by atoms with Crippen molar-refractivity contribution in [3.05, 3.63) is 53.1 Å². The van der Waals surface area contributed by atoms with Crippen molar-refractivity contribution in [1.29, 1.82) is 0 Å². The minimum absolute atomic E-state index is 0.115. The third-order valence-electron chi connectivity index (χ3n) is 3.71. The van der Waals surface area contributed by atoms with Crippen LogP contribution in [0.5, 0.6) is 11.5 Å². The fraction of sp³-hybridized carbons (Fsp3) is 0.278. The van der Waals surface area contributed by atoms with Gasteiger partial charge < -0.3 is 20.1 Å². The van der Waals surface area contributed by atoms with Crippen molar-refractivity contribution in [2.45, 2.75) is 13.0 Å². The number of nitrogens with two attached hydrogens (primary N) is 1. The first-order chi connectivity index (χ1) is 11.5. The van der Waals surface area contributed by atoms with Crippen LogP contribution in [0.15, 0.2) is 42.5 Å². The van der Waals surface area contributed by atoms with E-state index < -0.39 is 0 Å². The van der Waals surface area contributed by atoms with Gasteiger partial charge in [-0.1, -0.05) is 23.7 Å². The molecule has 0 saturated heterocycles. The Bertz CT molecular complexity index is 706. The molecule has 1 atom stereocenters. The summed E-state index contributed by atoms with van der Waals surface area (Å²) >= 11 is 6.00. The van der Waals surface area contributed by atoms with Crippen LogP contribution >= 0.6 is 11.6 Å². The Labute approximate surface area is 146 Å². The standard InChI is InChI=1S/C18H21ClN2O3/c1-12(13-5-4-6-14(19)9-13)20-11-18(22)21-16-10-15(23-2)7-8-17(16)24-3/h4-10,12,20H,11H2,1-3H3,(H,21,22)/p+1/t12-/m1/s1. The number of quaternary nitrogens is 1. The first kappa shape index (κ1) is 18.1. The van der Waals surface area contributed by atoms with E-state index in [0.717, 1.165) is 5.56 Å². The molecule has 3 N–H and O–H groups in total. The van der Waals surface area contributed by atoms with Gasteiger partial charge in [0.15, 0.2) is 6.54 Å². The maximum Gasteiger partial charge on any atom is 0.279 e. The minimum Gasteiger partial charge on any atom is -0.497 e. The van der Waals surface area contributed by atoms with Crippen LogP contribution in [0.2, 0.25) is 5.02 Å². The topological polar surface area (TPSA) is 64.2 Å². The zero-order valence-electron chi connectivity index (χ0n) is 14.0. The van der Waals surface area contributed by atoms with Gasteiger partial charge in [0.2, 0.25) is 0 Å². The fourth-order valence-electron chi connectivity index (χ4n) is 2.32. The Morgan fingerprint density at radius 1 is 1.21 bits per heavy atom. The summed E-state index contributed by atoms with van der Waals surface area (Å²) in [6.45, 7) is 2.32. The zero-order chi connectivity index (χ0) is 17.5. The molecular formula is C18H22ClN2O3+. The largest absolute Gasteiger partial charge is 0.497 e. The van der Waals surface area contributed by atoms with E-state index in [1.54, 1.807) is 32.4 Å². The number of carbonyl (C=O) groups excluding carboxylic acids is 1. The van der Waals surface area contributed by atoms with Crippen LogP contribution in [0.4, 0.5) is 5.69 Å². The monoisotopic (exact) mass is 349 g/mol. The highest BCUT2D eigenvalue weighted by atomic mass is 35.5. The number of amides is 1. The third-order valence-corrected chi connectivity index (χ3v) is 3.95. The molecule has 0 aliphatic rings. The second kappa shape index (κ2) is 8.57. The smallest absolute Gasteiger partial charge is 0.279 e. The van der Waals surface area contributed by atoms with Crippen molar-refractivity contribution >= 4 is 23.2 Å². The van der Waals surface area contributed by atoms with E-state index in [4.69, 9.17) is 21.1 Å². The third kappa shape index (κ3) is 4.88. The molecule has 1 amide bonds. The average molecular weight is 350 g/mol. The Morgan fingerprint density at radius 3 is 2.67 bits per heavy atom. The summed E-state index contributed by atoms with van der Waals surface area (Å²) in [5.74, 6) is 1.13. The SMILES string of the molecule is COc1ccc(OC)c(NC(=O)C[NH2+][C@H](C)c2cccc(Cl)c2)c1. The summed E-state index contributed by atoms with van der Waals surface area (Å²) in [5.41, 5.74) is 1.67. The minimum atomic E-state index is -0.115. The van der Waals surface area contributed by atoms with Gasteiger partial charge in [0.25, 0.3) is 5.91 Å². The van der Waals surface area contributed by atoms with Gasteiger partial charge in [-0.2, -0.15) is 0 Å². The molecular weight excluding hydrogens is 328 g/mol. The number of benzene rings is 2. The van der Waals surface area contributed by atoms with E-state index in [1.165, 1.54) is 0 Å². The molecule has 0 spiro atoms. The van der Waals surface area contributed by atoms with E-state index in [2.05, 4.69) is 5.32 Å². The molecule has 24 heavy (non-hydrogen) atoms. The van der Waals surface area contributed by atoms with Gasteiger partial charge in [-0.15, -0.1) is 0 Å². The van der Waals surface area contributed by atoms with Gasteiger partial charge in [0, 0.05) is 16.7 Å². The molecule has 128 valence electrons. The first-order valence-corrected chi connectivity index (χ1v) is 8.02. The summed E-state index contributed by atoms with van der Waals surface area (Å²) in [6.07, 6.45) is 0. The van der Waals surface area contributed by atoms with Crippen LogP contribution in [-0.4, -0.2) is 26.7 Å². The molecule has 2 aromatic rings. The normalized spacial score (nSPS) is 11.7. The molecule has 6 heteroatoms. The molecule has 2 aromatic carbocycles. The molecule has 0 aromatic heterocycles. The molecule has 0 aliphatic heterocycles. The second-order valence-electron chi connectivity index (χ2n) is 5.40. The van der Waals surface area contributed by atoms with Crippen molar-refractivity contribution in [3.63, 3.8) is 0 Å². The van der Waals surface area contributed by atoms with E-state index >= 15 is 0 Å². The highest BCUT2D eigenvalue weighted by molar-refractivity contribution is 6.30. The van der Waals surface area contributed by atoms with Crippen LogP contribution in [0.1, 0.15) is 18.5 Å². The molecule has 0 heterocycles. The number of ether oxygens (including phenoxy) is 2. The second-order valence-corrected chi connectivity index (χ2v) is 5.83. The predicted molar refractivity (Wildman–Crippen MR) is 94.8 cm³/mol. The van der Waals surface area contributed by atoms with Crippen molar-refractivity contribution in [1.82, 2.24) is 0 Å². The maximum absolute atomic E-state index is 12.2. The summed E-state index contributed by atoms with van der Waals surface area (Å²) in [4.78, 5) is 12.2. The summed E-state index contributed by atoms with van der Waals surface area (Å²) in [7, 11) is 3.14. The number of hydrogen-bond donors (Lipinski definition) is 2. The summed E-state index contributed by atoms with van der Waals surface area (Å²) in [6, 6.07) is 13.0. The number of nitrogens with one attached hydrogen (secondary N) is 1. The van der Waals surface area contributed by atoms with Crippen molar-refractivity contribution in [2.24, 2.45) is 0 Å². The number of methoxy groups -OCH3 is 2.